The number of carbonyl (C=O) groups is 1. The third kappa shape index (κ3) is 3.78. The lowest BCUT2D eigenvalue weighted by Gasteiger charge is -2.19. The first-order valence-electron chi connectivity index (χ1n) is 6.89. The lowest BCUT2D eigenvalue weighted by atomic mass is 10.1. The van der Waals surface area contributed by atoms with E-state index in [1.807, 2.05) is 18.2 Å². The van der Waals surface area contributed by atoms with E-state index in [-0.39, 0.29) is 17.2 Å². The first-order valence-corrected chi connectivity index (χ1v) is 7.27. The number of anilines is 1. The topological polar surface area (TPSA) is 75.5 Å². The summed E-state index contributed by atoms with van der Waals surface area (Å²) >= 11 is 6.10. The Morgan fingerprint density at radius 2 is 2.00 bits per heavy atom. The van der Waals surface area contributed by atoms with Gasteiger partial charge in [-0.05, 0) is 17.7 Å². The Bertz CT molecular complexity index is 749. The number of halogens is 1. The molecule has 0 heterocycles. The van der Waals surface area contributed by atoms with Crippen molar-refractivity contribution in [3.8, 4) is 0 Å². The molecule has 120 valence electrons. The summed E-state index contributed by atoms with van der Waals surface area (Å²) in [6, 6.07) is 11.4. The van der Waals surface area contributed by atoms with Crippen LogP contribution in [-0.2, 0) is 6.54 Å². The largest absolute Gasteiger partial charge is 0.387 e. The van der Waals surface area contributed by atoms with Crippen molar-refractivity contribution < 1.29 is 9.72 Å². The minimum atomic E-state index is -0.524. The van der Waals surface area contributed by atoms with Gasteiger partial charge in [0.1, 0.15) is 0 Å². The average Bonchev–Trinajstić information content (AvgIpc) is 2.55. The zero-order valence-corrected chi connectivity index (χ0v) is 13.5. The van der Waals surface area contributed by atoms with E-state index in [0.717, 1.165) is 5.56 Å². The minimum Gasteiger partial charge on any atom is -0.387 e. The highest BCUT2D eigenvalue weighted by Crippen LogP contribution is 2.24. The zero-order chi connectivity index (χ0) is 17.0. The molecule has 23 heavy (non-hydrogen) atoms. The molecular formula is C16H16ClN3O3. The number of nitro groups is 1. The molecule has 2 rings (SSSR count). The maximum atomic E-state index is 12.6. The van der Waals surface area contributed by atoms with Gasteiger partial charge in [-0.1, -0.05) is 29.8 Å². The van der Waals surface area contributed by atoms with Crippen LogP contribution in [0.15, 0.2) is 42.5 Å². The van der Waals surface area contributed by atoms with Gasteiger partial charge in [0.05, 0.1) is 10.5 Å². The summed E-state index contributed by atoms with van der Waals surface area (Å²) in [5, 5.41) is 14.4. The Balaban J connectivity index is 2.30. The highest BCUT2D eigenvalue weighted by atomic mass is 35.5. The number of benzene rings is 2. The minimum absolute atomic E-state index is 0.126. The Labute approximate surface area is 138 Å². The monoisotopic (exact) mass is 333 g/mol. The number of hydrogen-bond acceptors (Lipinski definition) is 4. The molecule has 0 unspecified atom stereocenters. The normalized spacial score (nSPS) is 10.2. The van der Waals surface area contributed by atoms with Crippen LogP contribution in [-0.4, -0.2) is 29.8 Å². The van der Waals surface area contributed by atoms with Gasteiger partial charge in [0.25, 0.3) is 11.6 Å². The molecule has 0 atom stereocenters. The Kier molecular flexibility index (Phi) is 5.18. The number of non-ortho nitro benzene ring substituents is 1. The summed E-state index contributed by atoms with van der Waals surface area (Å²) < 4.78 is 0. The van der Waals surface area contributed by atoms with E-state index in [1.54, 1.807) is 20.2 Å². The Hall–Kier alpha value is -2.60. The second-order valence-corrected chi connectivity index (χ2v) is 5.40. The van der Waals surface area contributed by atoms with E-state index < -0.39 is 4.92 Å². The fraction of sp³-hybridized carbons (Fsp3) is 0.188. The van der Waals surface area contributed by atoms with Crippen molar-refractivity contribution >= 4 is 28.9 Å². The zero-order valence-electron chi connectivity index (χ0n) is 12.7. The van der Waals surface area contributed by atoms with Crippen molar-refractivity contribution in [1.82, 2.24) is 4.90 Å². The van der Waals surface area contributed by atoms with Crippen molar-refractivity contribution in [1.29, 1.82) is 0 Å². The molecule has 2 aromatic carbocycles. The number of carbonyl (C=O) groups excluding carboxylic acids is 1. The van der Waals surface area contributed by atoms with Gasteiger partial charge in [-0.15, -0.1) is 0 Å². The van der Waals surface area contributed by atoms with E-state index >= 15 is 0 Å². The number of rotatable bonds is 5. The molecule has 0 saturated heterocycles. The van der Waals surface area contributed by atoms with Crippen LogP contribution >= 0.6 is 11.6 Å². The molecule has 1 N–H and O–H groups in total. The van der Waals surface area contributed by atoms with E-state index in [0.29, 0.717) is 17.3 Å². The van der Waals surface area contributed by atoms with Crippen LogP contribution in [0.5, 0.6) is 0 Å². The van der Waals surface area contributed by atoms with Crippen LogP contribution in [0.1, 0.15) is 15.9 Å². The highest BCUT2D eigenvalue weighted by Gasteiger charge is 2.20. The lowest BCUT2D eigenvalue weighted by molar-refractivity contribution is -0.384. The first kappa shape index (κ1) is 16.8. The third-order valence-electron chi connectivity index (χ3n) is 3.43. The van der Waals surface area contributed by atoms with Crippen LogP contribution in [0.4, 0.5) is 11.4 Å². The molecule has 0 aromatic heterocycles. The average molecular weight is 334 g/mol. The van der Waals surface area contributed by atoms with Crippen LogP contribution in [0, 0.1) is 10.1 Å². The fourth-order valence-corrected chi connectivity index (χ4v) is 2.40. The predicted molar refractivity (Wildman–Crippen MR) is 89.9 cm³/mol. The number of hydrogen-bond donors (Lipinski definition) is 1. The van der Waals surface area contributed by atoms with Gasteiger partial charge in [0.2, 0.25) is 0 Å². The maximum Gasteiger partial charge on any atom is 0.270 e. The third-order valence-corrected chi connectivity index (χ3v) is 3.79. The second-order valence-electron chi connectivity index (χ2n) is 4.99. The number of nitrogens with one attached hydrogen (secondary N) is 1. The summed E-state index contributed by atoms with van der Waals surface area (Å²) in [6.07, 6.45) is 0. The number of amides is 1. The molecule has 0 radical (unpaired) electrons. The van der Waals surface area contributed by atoms with Gasteiger partial charge >= 0.3 is 0 Å². The molecule has 0 saturated carbocycles. The molecule has 0 bridgehead atoms. The molecule has 0 aliphatic heterocycles. The smallest absolute Gasteiger partial charge is 0.270 e. The van der Waals surface area contributed by atoms with Gasteiger partial charge in [-0.2, -0.15) is 0 Å². The summed E-state index contributed by atoms with van der Waals surface area (Å²) in [7, 11) is 3.29. The Morgan fingerprint density at radius 3 is 2.61 bits per heavy atom. The summed E-state index contributed by atoms with van der Waals surface area (Å²) in [5.41, 5.74) is 1.46. The van der Waals surface area contributed by atoms with Crippen LogP contribution in [0.3, 0.4) is 0 Å². The van der Waals surface area contributed by atoms with Gasteiger partial charge in [-0.3, -0.25) is 14.9 Å². The van der Waals surface area contributed by atoms with E-state index in [1.165, 1.54) is 23.1 Å². The van der Waals surface area contributed by atoms with Crippen molar-refractivity contribution in [3.63, 3.8) is 0 Å². The molecule has 0 aliphatic rings. The van der Waals surface area contributed by atoms with Crippen molar-refractivity contribution in [2.45, 2.75) is 6.54 Å². The highest BCUT2D eigenvalue weighted by molar-refractivity contribution is 6.31. The maximum absolute atomic E-state index is 12.6. The molecule has 2 aromatic rings. The van der Waals surface area contributed by atoms with Crippen LogP contribution in [0.2, 0.25) is 5.02 Å². The van der Waals surface area contributed by atoms with Gasteiger partial charge in [0.15, 0.2) is 0 Å². The molecule has 6 nitrogen and oxygen atoms in total. The standard InChI is InChI=1S/C16H16ClN3O3/c1-18-15-8-7-12(20(22)23)9-13(15)16(21)19(2)10-11-5-3-4-6-14(11)17/h3-9,18H,10H2,1-2H3. The van der Waals surface area contributed by atoms with Gasteiger partial charge < -0.3 is 10.2 Å². The molecule has 0 spiro atoms. The molecule has 1 amide bonds. The van der Waals surface area contributed by atoms with Crippen molar-refractivity contribution in [2.75, 3.05) is 19.4 Å². The molecule has 0 fully saturated rings. The molecular weight excluding hydrogens is 318 g/mol. The molecule has 7 heteroatoms. The summed E-state index contributed by atoms with van der Waals surface area (Å²) in [4.78, 5) is 24.5. The van der Waals surface area contributed by atoms with Crippen LogP contribution < -0.4 is 5.32 Å². The predicted octanol–water partition coefficient (Wildman–Crippen LogP) is 3.56. The van der Waals surface area contributed by atoms with Gasteiger partial charge in [-0.25, -0.2) is 0 Å². The second kappa shape index (κ2) is 7.11. The van der Waals surface area contributed by atoms with Gasteiger partial charge in [0, 0.05) is 43.5 Å². The summed E-state index contributed by atoms with van der Waals surface area (Å²) in [5.74, 6) is -0.321. The first-order chi connectivity index (χ1) is 10.9. The lowest BCUT2D eigenvalue weighted by Crippen LogP contribution is -2.27. The molecule has 0 aliphatic carbocycles. The van der Waals surface area contributed by atoms with E-state index in [4.69, 9.17) is 11.6 Å². The fourth-order valence-electron chi connectivity index (χ4n) is 2.20. The van der Waals surface area contributed by atoms with E-state index in [9.17, 15) is 14.9 Å². The Morgan fingerprint density at radius 1 is 1.30 bits per heavy atom. The number of nitrogens with zero attached hydrogens (tertiary/aromatic N) is 2. The summed E-state index contributed by atoms with van der Waals surface area (Å²) in [6.45, 7) is 0.310. The number of nitro benzene ring substituents is 1. The van der Waals surface area contributed by atoms with Crippen LogP contribution in [0.25, 0.3) is 0 Å². The van der Waals surface area contributed by atoms with E-state index in [2.05, 4.69) is 5.32 Å². The van der Waals surface area contributed by atoms with Crippen molar-refractivity contribution in [3.05, 3.63) is 68.7 Å². The quantitative estimate of drug-likeness (QED) is 0.670. The SMILES string of the molecule is CNc1ccc([N+](=O)[O-])cc1C(=O)N(C)Cc1ccccc1Cl. The van der Waals surface area contributed by atoms with Crippen molar-refractivity contribution in [2.24, 2.45) is 0 Å².